The third-order valence-electron chi connectivity index (χ3n) is 3.77. The second-order valence-electron chi connectivity index (χ2n) is 5.45. The predicted molar refractivity (Wildman–Crippen MR) is 94.1 cm³/mol. The Morgan fingerprint density at radius 2 is 1.76 bits per heavy atom. The van der Waals surface area contributed by atoms with Crippen LogP contribution in [0.15, 0.2) is 64.1 Å². The van der Waals surface area contributed by atoms with Crippen LogP contribution in [-0.4, -0.2) is 24.5 Å². The Morgan fingerprint density at radius 1 is 1.04 bits per heavy atom. The Bertz CT molecular complexity index is 1100. The highest BCUT2D eigenvalue weighted by Gasteiger charge is 2.13. The fourth-order valence-corrected chi connectivity index (χ4v) is 2.76. The van der Waals surface area contributed by atoms with E-state index >= 15 is 0 Å². The van der Waals surface area contributed by atoms with Crippen LogP contribution >= 0.6 is 15.9 Å². The molecule has 0 fully saturated rings. The van der Waals surface area contributed by atoms with Crippen molar-refractivity contribution in [1.29, 1.82) is 0 Å². The minimum Gasteiger partial charge on any atom is -0.293 e. The van der Waals surface area contributed by atoms with E-state index < -0.39 is 0 Å². The first kappa shape index (κ1) is 15.6. The maximum atomic E-state index is 13.0. The summed E-state index contributed by atoms with van der Waals surface area (Å²) in [4.78, 5) is 17.0. The van der Waals surface area contributed by atoms with Crippen LogP contribution in [0.5, 0.6) is 0 Å². The summed E-state index contributed by atoms with van der Waals surface area (Å²) >= 11 is 3.38. The summed E-state index contributed by atoms with van der Waals surface area (Å²) in [5.74, 6) is -0.317. The fourth-order valence-electron chi connectivity index (χ4n) is 2.50. The predicted octanol–water partition coefficient (Wildman–Crippen LogP) is 2.93. The highest BCUT2D eigenvalue weighted by Crippen LogP contribution is 2.16. The van der Waals surface area contributed by atoms with Crippen molar-refractivity contribution in [3.05, 3.63) is 81.1 Å². The van der Waals surface area contributed by atoms with Gasteiger partial charge in [-0.3, -0.25) is 9.36 Å². The van der Waals surface area contributed by atoms with Gasteiger partial charge in [-0.05, 0) is 42.0 Å². The van der Waals surface area contributed by atoms with E-state index in [0.717, 1.165) is 15.7 Å². The van der Waals surface area contributed by atoms with Crippen molar-refractivity contribution in [2.45, 2.75) is 6.54 Å². The van der Waals surface area contributed by atoms with Crippen LogP contribution in [0.25, 0.3) is 16.9 Å². The lowest BCUT2D eigenvalue weighted by Gasteiger charge is -2.06. The number of hydrogen-bond donors (Lipinski definition) is 0. The van der Waals surface area contributed by atoms with Crippen LogP contribution in [0.4, 0.5) is 4.39 Å². The molecule has 0 saturated carbocycles. The molecule has 25 heavy (non-hydrogen) atoms. The van der Waals surface area contributed by atoms with Crippen molar-refractivity contribution in [3.8, 4) is 5.69 Å². The molecule has 4 aromatic rings. The van der Waals surface area contributed by atoms with Gasteiger partial charge in [-0.1, -0.05) is 33.3 Å². The molecule has 6 nitrogen and oxygen atoms in total. The topological polar surface area (TPSA) is 65.6 Å². The lowest BCUT2D eigenvalue weighted by molar-refractivity contribution is 0.626. The molecule has 0 saturated heterocycles. The van der Waals surface area contributed by atoms with E-state index in [1.807, 2.05) is 24.3 Å². The van der Waals surface area contributed by atoms with Gasteiger partial charge in [0.15, 0.2) is 11.2 Å². The average molecular weight is 400 g/mol. The number of hydrogen-bond acceptors (Lipinski definition) is 4. The Kier molecular flexibility index (Phi) is 3.89. The van der Waals surface area contributed by atoms with Crippen LogP contribution < -0.4 is 5.56 Å². The first-order chi connectivity index (χ1) is 12.1. The highest BCUT2D eigenvalue weighted by atomic mass is 79.9. The molecular weight excluding hydrogens is 389 g/mol. The van der Waals surface area contributed by atoms with Crippen molar-refractivity contribution in [2.75, 3.05) is 0 Å². The number of halogens is 2. The molecule has 0 aliphatic carbocycles. The normalized spacial score (nSPS) is 11.1. The molecule has 2 aromatic carbocycles. The molecule has 0 spiro atoms. The van der Waals surface area contributed by atoms with E-state index in [9.17, 15) is 9.18 Å². The summed E-state index contributed by atoms with van der Waals surface area (Å²) < 4.78 is 16.9. The van der Waals surface area contributed by atoms with E-state index in [-0.39, 0.29) is 23.4 Å². The summed E-state index contributed by atoms with van der Waals surface area (Å²) in [6, 6.07) is 13.4. The molecule has 0 radical (unpaired) electrons. The minimum atomic E-state index is -0.317. The SMILES string of the molecule is O=c1c2nnn(-c3ccc(Br)cc3)c2ncn1Cc1ccc(F)cc1. The Balaban J connectivity index is 1.75. The summed E-state index contributed by atoms with van der Waals surface area (Å²) in [6.07, 6.45) is 1.45. The molecule has 8 heteroatoms. The fraction of sp³-hybridized carbons (Fsp3) is 0.0588. The first-order valence-corrected chi connectivity index (χ1v) is 8.22. The summed E-state index contributed by atoms with van der Waals surface area (Å²) in [5, 5.41) is 8.02. The zero-order valence-corrected chi connectivity index (χ0v) is 14.4. The van der Waals surface area contributed by atoms with Gasteiger partial charge in [-0.2, -0.15) is 4.68 Å². The van der Waals surface area contributed by atoms with Crippen LogP contribution in [0.1, 0.15) is 5.56 Å². The monoisotopic (exact) mass is 399 g/mol. The van der Waals surface area contributed by atoms with Gasteiger partial charge < -0.3 is 0 Å². The average Bonchev–Trinajstić information content (AvgIpc) is 3.05. The molecule has 0 bridgehead atoms. The molecule has 0 unspecified atom stereocenters. The van der Waals surface area contributed by atoms with Gasteiger partial charge >= 0.3 is 0 Å². The summed E-state index contributed by atoms with van der Waals surface area (Å²) in [6.45, 7) is 0.285. The molecule has 0 aliphatic heterocycles. The van der Waals surface area contributed by atoms with Gasteiger partial charge in [0.05, 0.1) is 12.2 Å². The zero-order valence-electron chi connectivity index (χ0n) is 12.8. The second-order valence-corrected chi connectivity index (χ2v) is 6.37. The van der Waals surface area contributed by atoms with Gasteiger partial charge in [0, 0.05) is 4.47 Å². The van der Waals surface area contributed by atoms with Gasteiger partial charge in [0.1, 0.15) is 12.1 Å². The zero-order chi connectivity index (χ0) is 17.4. The molecule has 2 aromatic heterocycles. The molecule has 124 valence electrons. The summed E-state index contributed by atoms with van der Waals surface area (Å²) in [5.41, 5.74) is 1.84. The minimum absolute atomic E-state index is 0.188. The van der Waals surface area contributed by atoms with Gasteiger partial charge in [-0.25, -0.2) is 9.37 Å². The smallest absolute Gasteiger partial charge is 0.283 e. The number of aromatic nitrogens is 5. The number of rotatable bonds is 3. The molecule has 0 amide bonds. The Labute approximate surface area is 149 Å². The Morgan fingerprint density at radius 3 is 2.48 bits per heavy atom. The van der Waals surface area contributed by atoms with Crippen LogP contribution in [0.3, 0.4) is 0 Å². The van der Waals surface area contributed by atoms with E-state index in [1.54, 1.807) is 12.1 Å². The van der Waals surface area contributed by atoms with E-state index in [1.165, 1.54) is 27.7 Å². The van der Waals surface area contributed by atoms with Gasteiger partial charge in [0.2, 0.25) is 0 Å². The van der Waals surface area contributed by atoms with Gasteiger partial charge in [0.25, 0.3) is 5.56 Å². The molecule has 4 rings (SSSR count). The number of benzene rings is 2. The van der Waals surface area contributed by atoms with Crippen molar-refractivity contribution >= 4 is 27.1 Å². The maximum Gasteiger partial charge on any atom is 0.283 e. The van der Waals surface area contributed by atoms with Crippen LogP contribution in [0.2, 0.25) is 0 Å². The summed E-state index contributed by atoms with van der Waals surface area (Å²) in [7, 11) is 0. The van der Waals surface area contributed by atoms with E-state index in [4.69, 9.17) is 0 Å². The standard InChI is InChI=1S/C17H11BrFN5O/c18-12-3-7-14(8-4-12)24-16-15(21-22-24)17(25)23(10-20-16)9-11-1-5-13(19)6-2-11/h1-8,10H,9H2. The largest absolute Gasteiger partial charge is 0.293 e. The van der Waals surface area contributed by atoms with Gasteiger partial charge in [-0.15, -0.1) is 5.10 Å². The molecule has 0 atom stereocenters. The molecule has 0 aliphatic rings. The lowest BCUT2D eigenvalue weighted by atomic mass is 10.2. The third-order valence-corrected chi connectivity index (χ3v) is 4.30. The highest BCUT2D eigenvalue weighted by molar-refractivity contribution is 9.10. The van der Waals surface area contributed by atoms with Crippen molar-refractivity contribution in [1.82, 2.24) is 24.5 Å². The van der Waals surface area contributed by atoms with Crippen molar-refractivity contribution in [3.63, 3.8) is 0 Å². The van der Waals surface area contributed by atoms with Crippen LogP contribution in [-0.2, 0) is 6.54 Å². The van der Waals surface area contributed by atoms with Crippen molar-refractivity contribution in [2.24, 2.45) is 0 Å². The number of fused-ring (bicyclic) bond motifs is 1. The second kappa shape index (κ2) is 6.21. The third kappa shape index (κ3) is 2.96. The van der Waals surface area contributed by atoms with E-state index in [0.29, 0.717) is 5.65 Å². The quantitative estimate of drug-likeness (QED) is 0.531. The van der Waals surface area contributed by atoms with E-state index in [2.05, 4.69) is 31.2 Å². The lowest BCUT2D eigenvalue weighted by Crippen LogP contribution is -2.21. The molecule has 0 N–H and O–H groups in total. The molecule has 2 heterocycles. The maximum absolute atomic E-state index is 13.0. The molecular formula is C17H11BrFN5O. The van der Waals surface area contributed by atoms with Crippen molar-refractivity contribution < 1.29 is 4.39 Å². The Hall–Kier alpha value is -2.87. The van der Waals surface area contributed by atoms with Crippen LogP contribution in [0, 0.1) is 5.82 Å². The first-order valence-electron chi connectivity index (χ1n) is 7.43. The number of nitrogens with zero attached hydrogens (tertiary/aromatic N) is 5.